The molecule has 0 unspecified atom stereocenters. The molecule has 0 aromatic carbocycles. The summed E-state index contributed by atoms with van der Waals surface area (Å²) in [6.45, 7) is 2.00. The van der Waals surface area contributed by atoms with E-state index in [1.165, 1.54) is 12.8 Å². The molecule has 1 heterocycles. The van der Waals surface area contributed by atoms with Gasteiger partial charge in [-0.2, -0.15) is 4.98 Å². The third-order valence-electron chi connectivity index (χ3n) is 2.32. The fraction of sp³-hybridized carbons (Fsp3) is 0.455. The van der Waals surface area contributed by atoms with Crippen molar-refractivity contribution in [3.63, 3.8) is 0 Å². The lowest BCUT2D eigenvalue weighted by Gasteiger charge is -2.04. The number of hydrogen-bond donors (Lipinski definition) is 0. The Hall–Kier alpha value is -1.38. The van der Waals surface area contributed by atoms with E-state index in [-0.39, 0.29) is 0 Å². The Labute approximate surface area is 83.8 Å². The molecular formula is C11H14N2O. The summed E-state index contributed by atoms with van der Waals surface area (Å²) in [6.07, 6.45) is 8.37. The van der Waals surface area contributed by atoms with Crippen LogP contribution in [0.15, 0.2) is 12.3 Å². The van der Waals surface area contributed by atoms with Crippen molar-refractivity contribution in [1.29, 1.82) is 0 Å². The number of hydrogen-bond acceptors (Lipinski definition) is 3. The van der Waals surface area contributed by atoms with E-state index >= 15 is 0 Å². The number of aromatic nitrogens is 2. The predicted octanol–water partition coefficient (Wildman–Crippen LogP) is 2.40. The monoisotopic (exact) mass is 190 g/mol. The van der Waals surface area contributed by atoms with Crippen molar-refractivity contribution in [3.8, 4) is 6.01 Å². The van der Waals surface area contributed by atoms with Gasteiger partial charge in [0.15, 0.2) is 0 Å². The Morgan fingerprint density at radius 1 is 1.50 bits per heavy atom. The van der Waals surface area contributed by atoms with Gasteiger partial charge in [-0.25, -0.2) is 4.98 Å². The van der Waals surface area contributed by atoms with Gasteiger partial charge in [-0.1, -0.05) is 12.2 Å². The topological polar surface area (TPSA) is 35.0 Å². The van der Waals surface area contributed by atoms with Crippen LogP contribution in [-0.4, -0.2) is 17.1 Å². The molecule has 1 saturated carbocycles. The normalized spacial score (nSPS) is 16.1. The molecule has 2 rings (SSSR count). The summed E-state index contributed by atoms with van der Waals surface area (Å²) in [5.74, 6) is 0.623. The molecule has 74 valence electrons. The molecule has 1 aliphatic carbocycles. The van der Waals surface area contributed by atoms with Gasteiger partial charge < -0.3 is 4.74 Å². The van der Waals surface area contributed by atoms with Crippen LogP contribution in [0.4, 0.5) is 0 Å². The summed E-state index contributed by atoms with van der Waals surface area (Å²) in [4.78, 5) is 8.49. The Morgan fingerprint density at radius 3 is 2.86 bits per heavy atom. The van der Waals surface area contributed by atoms with Gasteiger partial charge in [-0.3, -0.25) is 0 Å². The lowest BCUT2D eigenvalue weighted by atomic mass is 10.1. The Kier molecular flexibility index (Phi) is 2.48. The smallest absolute Gasteiger partial charge is 0.316 e. The minimum atomic E-state index is 0.472. The van der Waals surface area contributed by atoms with Gasteiger partial charge >= 0.3 is 6.01 Å². The van der Waals surface area contributed by atoms with Crippen molar-refractivity contribution in [2.45, 2.75) is 25.7 Å². The molecule has 0 N–H and O–H groups in total. The van der Waals surface area contributed by atoms with Gasteiger partial charge in [-0.05, 0) is 19.8 Å². The van der Waals surface area contributed by atoms with Crippen LogP contribution in [0.1, 0.15) is 36.9 Å². The van der Waals surface area contributed by atoms with E-state index in [2.05, 4.69) is 9.97 Å². The van der Waals surface area contributed by atoms with Crippen LogP contribution < -0.4 is 4.74 Å². The number of nitrogens with zero attached hydrogens (tertiary/aromatic N) is 2. The first-order valence-electron chi connectivity index (χ1n) is 4.88. The van der Waals surface area contributed by atoms with Crippen molar-refractivity contribution in [1.82, 2.24) is 9.97 Å². The van der Waals surface area contributed by atoms with Crippen LogP contribution in [0.3, 0.4) is 0 Å². The molecule has 0 spiro atoms. The van der Waals surface area contributed by atoms with Crippen LogP contribution in [-0.2, 0) is 0 Å². The average molecular weight is 190 g/mol. The molecule has 0 radical (unpaired) electrons. The van der Waals surface area contributed by atoms with Crippen LogP contribution in [0.5, 0.6) is 6.01 Å². The first kappa shape index (κ1) is 9.19. The summed E-state index contributed by atoms with van der Waals surface area (Å²) in [5, 5.41) is 0. The quantitative estimate of drug-likeness (QED) is 0.734. The van der Waals surface area contributed by atoms with Gasteiger partial charge in [0, 0.05) is 17.7 Å². The zero-order valence-corrected chi connectivity index (χ0v) is 8.53. The molecule has 1 aromatic heterocycles. The van der Waals surface area contributed by atoms with Gasteiger partial charge in [0.2, 0.25) is 0 Å². The minimum Gasteiger partial charge on any atom is -0.467 e. The summed E-state index contributed by atoms with van der Waals surface area (Å²) in [6, 6.07) is 0.472. The molecule has 0 amide bonds. The molecule has 3 heteroatoms. The van der Waals surface area contributed by atoms with Gasteiger partial charge in [0.25, 0.3) is 0 Å². The lowest BCUT2D eigenvalue weighted by Crippen LogP contribution is -1.98. The van der Waals surface area contributed by atoms with E-state index in [1.54, 1.807) is 7.11 Å². The summed E-state index contributed by atoms with van der Waals surface area (Å²) in [7, 11) is 1.60. The molecule has 0 aliphatic heterocycles. The number of allylic oxidation sites excluding steroid dienone is 1. The van der Waals surface area contributed by atoms with Crippen LogP contribution in [0.2, 0.25) is 0 Å². The fourth-order valence-electron chi connectivity index (χ4n) is 1.48. The Bertz CT molecular complexity index is 356. The molecule has 1 fully saturated rings. The highest BCUT2D eigenvalue weighted by Crippen LogP contribution is 2.41. The number of rotatable bonds is 3. The van der Waals surface area contributed by atoms with Gasteiger partial charge in [-0.15, -0.1) is 0 Å². The zero-order valence-electron chi connectivity index (χ0n) is 8.53. The number of methoxy groups -OCH3 is 1. The van der Waals surface area contributed by atoms with E-state index in [1.807, 2.05) is 25.3 Å². The maximum Gasteiger partial charge on any atom is 0.316 e. The summed E-state index contributed by atoms with van der Waals surface area (Å²) in [5.41, 5.74) is 2.26. The molecule has 0 saturated heterocycles. The molecule has 1 aromatic rings. The highest BCUT2D eigenvalue weighted by atomic mass is 16.5. The lowest BCUT2D eigenvalue weighted by molar-refractivity contribution is 0.378. The first-order valence-corrected chi connectivity index (χ1v) is 4.88. The summed E-state index contributed by atoms with van der Waals surface area (Å²) >= 11 is 0. The van der Waals surface area contributed by atoms with Crippen LogP contribution >= 0.6 is 0 Å². The second-order valence-electron chi connectivity index (χ2n) is 3.47. The molecule has 14 heavy (non-hydrogen) atoms. The predicted molar refractivity (Wildman–Crippen MR) is 55.3 cm³/mol. The van der Waals surface area contributed by atoms with Gasteiger partial charge in [0.05, 0.1) is 12.8 Å². The summed E-state index contributed by atoms with van der Waals surface area (Å²) < 4.78 is 5.02. The molecule has 3 nitrogen and oxygen atoms in total. The van der Waals surface area contributed by atoms with Crippen molar-refractivity contribution in [2.75, 3.05) is 7.11 Å². The Balaban J connectivity index is 2.38. The highest BCUT2D eigenvalue weighted by molar-refractivity contribution is 5.52. The van der Waals surface area contributed by atoms with Crippen LogP contribution in [0, 0.1) is 0 Å². The van der Waals surface area contributed by atoms with E-state index in [4.69, 9.17) is 4.74 Å². The molecule has 0 bridgehead atoms. The van der Waals surface area contributed by atoms with E-state index < -0.39 is 0 Å². The second kappa shape index (κ2) is 3.78. The maximum absolute atomic E-state index is 5.02. The maximum atomic E-state index is 5.02. The third kappa shape index (κ3) is 1.76. The molecule has 1 aliphatic rings. The first-order chi connectivity index (χ1) is 6.85. The van der Waals surface area contributed by atoms with Crippen molar-refractivity contribution < 1.29 is 4.74 Å². The molecule has 0 atom stereocenters. The standard InChI is InChI=1S/C11H14N2O/c1-3-4-9-7-12-11(14-2)13-10(9)8-5-6-8/h3-4,7-8H,5-6H2,1-2H3/b4-3+. The van der Waals surface area contributed by atoms with Crippen molar-refractivity contribution in [2.24, 2.45) is 0 Å². The highest BCUT2D eigenvalue weighted by Gasteiger charge is 2.27. The van der Waals surface area contributed by atoms with Gasteiger partial charge in [0.1, 0.15) is 0 Å². The molecular weight excluding hydrogens is 176 g/mol. The average Bonchev–Trinajstić information content (AvgIpc) is 3.02. The third-order valence-corrected chi connectivity index (χ3v) is 2.32. The van der Waals surface area contributed by atoms with E-state index in [9.17, 15) is 0 Å². The zero-order chi connectivity index (χ0) is 9.97. The Morgan fingerprint density at radius 2 is 2.29 bits per heavy atom. The number of ether oxygens (including phenoxy) is 1. The fourth-order valence-corrected chi connectivity index (χ4v) is 1.48. The van der Waals surface area contributed by atoms with E-state index in [0.29, 0.717) is 11.9 Å². The minimum absolute atomic E-state index is 0.472. The van der Waals surface area contributed by atoms with Crippen molar-refractivity contribution in [3.05, 3.63) is 23.5 Å². The second-order valence-corrected chi connectivity index (χ2v) is 3.47. The van der Waals surface area contributed by atoms with Crippen molar-refractivity contribution >= 4 is 6.08 Å². The van der Waals surface area contributed by atoms with Crippen LogP contribution in [0.25, 0.3) is 6.08 Å². The SMILES string of the molecule is C/C=C/c1cnc(OC)nc1C1CC1. The largest absolute Gasteiger partial charge is 0.467 e. The van der Waals surface area contributed by atoms with E-state index in [0.717, 1.165) is 11.3 Å².